The summed E-state index contributed by atoms with van der Waals surface area (Å²) < 4.78 is 11.1. The summed E-state index contributed by atoms with van der Waals surface area (Å²) in [5, 5.41) is 0.0602. The number of hydrogen-bond acceptors (Lipinski definition) is 9. The molecule has 0 saturated carbocycles. The number of ether oxygens (including phenoxy) is 2. The minimum Gasteiger partial charge on any atom is -0.496 e. The molecule has 3 N–H and O–H groups in total. The quantitative estimate of drug-likeness (QED) is 0.164. The molecule has 3 aromatic rings. The Morgan fingerprint density at radius 1 is 1.25 bits per heavy atom. The summed E-state index contributed by atoms with van der Waals surface area (Å²) in [6.07, 6.45) is 7.37. The Labute approximate surface area is 237 Å². The smallest absolute Gasteiger partial charge is 0.260 e. The zero-order valence-corrected chi connectivity index (χ0v) is 23.5. The van der Waals surface area contributed by atoms with Crippen molar-refractivity contribution in [3.8, 4) is 5.75 Å². The van der Waals surface area contributed by atoms with Crippen molar-refractivity contribution in [1.82, 2.24) is 24.8 Å². The molecule has 0 radical (unpaired) electrons. The van der Waals surface area contributed by atoms with E-state index in [9.17, 15) is 9.59 Å². The maximum absolute atomic E-state index is 13.7. The molecule has 3 aromatic heterocycles. The van der Waals surface area contributed by atoms with E-state index in [0.717, 1.165) is 30.8 Å². The number of nitrogen functional groups attached to an aromatic ring is 1. The van der Waals surface area contributed by atoms with Gasteiger partial charge in [-0.05, 0) is 51.9 Å². The van der Waals surface area contributed by atoms with Crippen molar-refractivity contribution < 1.29 is 19.1 Å². The maximum atomic E-state index is 13.7. The number of nitrogens with zero attached hydrogens (tertiary/aromatic N) is 5. The molecule has 12 heteroatoms. The predicted octanol–water partition coefficient (Wildman–Crippen LogP) is 3.44. The molecule has 2 aliphatic heterocycles. The van der Waals surface area contributed by atoms with E-state index in [-0.39, 0.29) is 41.5 Å². The van der Waals surface area contributed by atoms with Gasteiger partial charge in [-0.2, -0.15) is 4.98 Å². The highest BCUT2D eigenvalue weighted by atomic mass is 35.5. The lowest BCUT2D eigenvalue weighted by Crippen LogP contribution is -2.27. The number of methoxy groups -OCH3 is 1. The lowest BCUT2D eigenvalue weighted by molar-refractivity contribution is -0.113. The molecule has 5 heterocycles. The van der Waals surface area contributed by atoms with E-state index in [4.69, 9.17) is 26.8 Å². The number of nitrogens with two attached hydrogens (primary N) is 1. The van der Waals surface area contributed by atoms with Crippen LogP contribution in [0.1, 0.15) is 51.3 Å². The van der Waals surface area contributed by atoms with Gasteiger partial charge >= 0.3 is 0 Å². The number of aromatic nitrogens is 4. The zero-order valence-electron chi connectivity index (χ0n) is 22.8. The minimum atomic E-state index is -0.342. The first kappa shape index (κ1) is 27.8. The standard InChI is InChI=1S/C28H32ClN7O4/c1-16-12-32-21(17(2)24(16)39-3)14-36-26-23(25(29)33-28(30)34-26)20(27(36)38)11-19-10-18(13-31-19)22(37)15-40-9-8-35-6-4-5-7-35/h10-13,31H,4-9,14-15H2,1-3H3,(H2,30,33,34)/b20-11-. The van der Waals surface area contributed by atoms with Gasteiger partial charge in [0.1, 0.15) is 17.5 Å². The average molecular weight is 566 g/mol. The highest BCUT2D eigenvalue weighted by Crippen LogP contribution is 2.41. The summed E-state index contributed by atoms with van der Waals surface area (Å²) >= 11 is 6.47. The molecule has 0 aliphatic carbocycles. The van der Waals surface area contributed by atoms with Crippen LogP contribution in [0.25, 0.3) is 11.6 Å². The van der Waals surface area contributed by atoms with Crippen molar-refractivity contribution in [2.45, 2.75) is 33.2 Å². The Hall–Kier alpha value is -3.80. The van der Waals surface area contributed by atoms with Gasteiger partial charge in [0.25, 0.3) is 5.91 Å². The largest absolute Gasteiger partial charge is 0.496 e. The number of Topliss-reactive ketones (excluding diaryl/α,β-unsaturated/α-hetero) is 1. The Morgan fingerprint density at radius 2 is 2.02 bits per heavy atom. The second-order valence-electron chi connectivity index (χ2n) is 9.93. The van der Waals surface area contributed by atoms with Crippen molar-refractivity contribution in [2.24, 2.45) is 0 Å². The van der Waals surface area contributed by atoms with Gasteiger partial charge in [-0.1, -0.05) is 11.6 Å². The molecular weight excluding hydrogens is 534 g/mol. The summed E-state index contributed by atoms with van der Waals surface area (Å²) in [5.74, 6) is 0.461. The van der Waals surface area contributed by atoms with Crippen molar-refractivity contribution in [3.05, 3.63) is 57.3 Å². The number of likely N-dealkylation sites (tertiary alicyclic amines) is 1. The number of aryl methyl sites for hydroxylation is 1. The fraction of sp³-hybridized carbons (Fsp3) is 0.393. The van der Waals surface area contributed by atoms with Crippen LogP contribution < -0.4 is 15.4 Å². The molecule has 2 aliphatic rings. The third kappa shape index (κ3) is 5.58. The number of carbonyl (C=O) groups excluding carboxylic acids is 2. The number of H-pyrrole nitrogens is 1. The van der Waals surface area contributed by atoms with Crippen LogP contribution in [-0.2, 0) is 16.1 Å². The van der Waals surface area contributed by atoms with Gasteiger partial charge in [0.2, 0.25) is 5.95 Å². The minimum absolute atomic E-state index is 0.0114. The zero-order chi connectivity index (χ0) is 28.4. The number of nitrogens with one attached hydrogen (secondary N) is 1. The fourth-order valence-corrected chi connectivity index (χ4v) is 5.41. The van der Waals surface area contributed by atoms with Gasteiger partial charge in [-0.15, -0.1) is 0 Å². The molecular formula is C28H32ClN7O4. The van der Waals surface area contributed by atoms with E-state index in [1.54, 1.807) is 31.6 Å². The van der Waals surface area contributed by atoms with Gasteiger partial charge in [-0.25, -0.2) is 4.98 Å². The fourth-order valence-electron chi connectivity index (χ4n) is 5.13. The molecule has 0 atom stereocenters. The first-order valence-corrected chi connectivity index (χ1v) is 13.5. The summed E-state index contributed by atoms with van der Waals surface area (Å²) in [4.78, 5) is 46.2. The number of halogens is 1. The van der Waals surface area contributed by atoms with Crippen molar-refractivity contribution in [2.75, 3.05) is 50.6 Å². The number of ketones is 1. The monoisotopic (exact) mass is 565 g/mol. The summed E-state index contributed by atoms with van der Waals surface area (Å²) in [6, 6.07) is 1.68. The molecule has 0 unspecified atom stereocenters. The third-order valence-electron chi connectivity index (χ3n) is 7.23. The second-order valence-corrected chi connectivity index (χ2v) is 10.3. The van der Waals surface area contributed by atoms with Crippen LogP contribution in [0.5, 0.6) is 5.75 Å². The second kappa shape index (κ2) is 11.7. The summed E-state index contributed by atoms with van der Waals surface area (Å²) in [6.45, 7) is 7.42. The van der Waals surface area contributed by atoms with Gasteiger partial charge in [0.05, 0.1) is 37.1 Å². The molecule has 210 valence electrons. The van der Waals surface area contributed by atoms with Crippen LogP contribution in [0.4, 0.5) is 11.8 Å². The molecule has 0 bridgehead atoms. The van der Waals surface area contributed by atoms with Crippen molar-refractivity contribution >= 4 is 46.7 Å². The third-order valence-corrected chi connectivity index (χ3v) is 7.51. The van der Waals surface area contributed by atoms with E-state index in [1.807, 2.05) is 13.8 Å². The first-order chi connectivity index (χ1) is 19.3. The molecule has 1 amide bonds. The number of hydrogen-bond donors (Lipinski definition) is 2. The van der Waals surface area contributed by atoms with Crippen LogP contribution in [0.3, 0.4) is 0 Å². The average Bonchev–Trinajstić information content (AvgIpc) is 3.66. The topological polar surface area (TPSA) is 140 Å². The molecule has 0 aromatic carbocycles. The lowest BCUT2D eigenvalue weighted by Gasteiger charge is -2.19. The predicted molar refractivity (Wildman–Crippen MR) is 152 cm³/mol. The lowest BCUT2D eigenvalue weighted by atomic mass is 10.1. The van der Waals surface area contributed by atoms with Crippen LogP contribution >= 0.6 is 11.6 Å². The Morgan fingerprint density at radius 3 is 2.77 bits per heavy atom. The van der Waals surface area contributed by atoms with E-state index >= 15 is 0 Å². The maximum Gasteiger partial charge on any atom is 0.260 e. The van der Waals surface area contributed by atoms with E-state index in [0.29, 0.717) is 40.7 Å². The number of aromatic amines is 1. The molecule has 5 rings (SSSR count). The van der Waals surface area contributed by atoms with Crippen molar-refractivity contribution in [3.63, 3.8) is 0 Å². The highest BCUT2D eigenvalue weighted by Gasteiger charge is 2.37. The van der Waals surface area contributed by atoms with Gasteiger partial charge in [-0.3, -0.25) is 19.5 Å². The molecule has 1 saturated heterocycles. The van der Waals surface area contributed by atoms with Crippen molar-refractivity contribution in [1.29, 1.82) is 0 Å². The summed E-state index contributed by atoms with van der Waals surface area (Å²) in [7, 11) is 1.60. The van der Waals surface area contributed by atoms with Crippen LogP contribution in [0.15, 0.2) is 18.5 Å². The molecule has 11 nitrogen and oxygen atoms in total. The molecule has 1 fully saturated rings. The van der Waals surface area contributed by atoms with Gasteiger partial charge in [0, 0.05) is 41.3 Å². The highest BCUT2D eigenvalue weighted by molar-refractivity contribution is 6.41. The number of carbonyl (C=O) groups is 2. The van der Waals surface area contributed by atoms with Crippen LogP contribution in [0.2, 0.25) is 5.15 Å². The van der Waals surface area contributed by atoms with Crippen LogP contribution in [-0.4, -0.2) is 76.5 Å². The molecule has 40 heavy (non-hydrogen) atoms. The SMILES string of the molecule is COc1c(C)cnc(CN2C(=O)/C(=C\c3cc(C(=O)COCCN4CCCC4)c[nH]3)c3c(Cl)nc(N)nc32)c1C. The van der Waals surface area contributed by atoms with E-state index in [2.05, 4.69) is 24.8 Å². The van der Waals surface area contributed by atoms with Gasteiger partial charge < -0.3 is 25.1 Å². The van der Waals surface area contributed by atoms with E-state index < -0.39 is 0 Å². The Balaban J connectivity index is 1.36. The number of fused-ring (bicyclic) bond motifs is 1. The normalized spacial score (nSPS) is 16.2. The Kier molecular flexibility index (Phi) is 8.15. The summed E-state index contributed by atoms with van der Waals surface area (Å²) in [5.41, 5.74) is 9.90. The van der Waals surface area contributed by atoms with Crippen LogP contribution in [0, 0.1) is 13.8 Å². The number of amides is 1. The Bertz CT molecular complexity index is 1480. The number of rotatable bonds is 10. The van der Waals surface area contributed by atoms with E-state index in [1.165, 1.54) is 17.7 Å². The first-order valence-electron chi connectivity index (χ1n) is 13.1. The molecule has 0 spiro atoms. The van der Waals surface area contributed by atoms with Gasteiger partial charge in [0.15, 0.2) is 11.6 Å². The number of pyridine rings is 1. The number of anilines is 2.